The van der Waals surface area contributed by atoms with E-state index in [0.29, 0.717) is 0 Å². The summed E-state index contributed by atoms with van der Waals surface area (Å²) in [6.07, 6.45) is -4.36. The largest absolute Gasteiger partial charge is 0.392 e. The number of amides is 1. The lowest BCUT2D eigenvalue weighted by molar-refractivity contribution is -0.154. The molecule has 0 unspecified atom stereocenters. The molecule has 1 amide bonds. The molecular formula is C5H6F3NO. The summed E-state index contributed by atoms with van der Waals surface area (Å²) in [4.78, 5) is 10.1. The molecule has 0 bridgehead atoms. The summed E-state index contributed by atoms with van der Waals surface area (Å²) >= 11 is 0. The molecule has 1 aliphatic carbocycles. The van der Waals surface area contributed by atoms with Crippen LogP contribution in [0.1, 0.15) is 6.42 Å². The number of primary amides is 1. The molecular weight excluding hydrogens is 147 g/mol. The van der Waals surface area contributed by atoms with Gasteiger partial charge in [0.2, 0.25) is 5.91 Å². The van der Waals surface area contributed by atoms with Crippen molar-refractivity contribution in [3.05, 3.63) is 0 Å². The lowest BCUT2D eigenvalue weighted by Crippen LogP contribution is -2.20. The van der Waals surface area contributed by atoms with E-state index in [1.54, 1.807) is 0 Å². The summed E-state index contributed by atoms with van der Waals surface area (Å²) in [6, 6.07) is 0. The van der Waals surface area contributed by atoms with Gasteiger partial charge in [-0.3, -0.25) is 4.79 Å². The van der Waals surface area contributed by atoms with Gasteiger partial charge >= 0.3 is 6.18 Å². The van der Waals surface area contributed by atoms with Crippen molar-refractivity contribution in [1.29, 1.82) is 0 Å². The third-order valence-electron chi connectivity index (χ3n) is 1.58. The molecule has 5 heteroatoms. The van der Waals surface area contributed by atoms with Crippen molar-refractivity contribution in [2.45, 2.75) is 12.6 Å². The van der Waals surface area contributed by atoms with E-state index in [1.165, 1.54) is 0 Å². The second kappa shape index (κ2) is 1.87. The fourth-order valence-corrected chi connectivity index (χ4v) is 0.871. The summed E-state index contributed by atoms with van der Waals surface area (Å²) < 4.78 is 34.9. The molecule has 0 aliphatic heterocycles. The van der Waals surface area contributed by atoms with Gasteiger partial charge in [0.25, 0.3) is 0 Å². The third-order valence-corrected chi connectivity index (χ3v) is 1.58. The van der Waals surface area contributed by atoms with Crippen LogP contribution in [0.25, 0.3) is 0 Å². The highest BCUT2D eigenvalue weighted by Gasteiger charge is 2.58. The molecule has 0 radical (unpaired) electrons. The first-order chi connectivity index (χ1) is 4.43. The van der Waals surface area contributed by atoms with Gasteiger partial charge in [-0.05, 0) is 6.42 Å². The number of nitrogens with two attached hydrogens (primary N) is 1. The molecule has 1 aliphatic rings. The highest BCUT2D eigenvalue weighted by Crippen LogP contribution is 2.49. The Bertz CT molecular complexity index is 165. The second-order valence-corrected chi connectivity index (χ2v) is 2.39. The van der Waals surface area contributed by atoms with Crippen LogP contribution in [0.3, 0.4) is 0 Å². The van der Waals surface area contributed by atoms with Crippen LogP contribution in [0.5, 0.6) is 0 Å². The van der Waals surface area contributed by atoms with Crippen LogP contribution >= 0.6 is 0 Å². The molecule has 1 rings (SSSR count). The quantitative estimate of drug-likeness (QED) is 0.591. The van der Waals surface area contributed by atoms with Crippen LogP contribution in [0, 0.1) is 11.8 Å². The average Bonchev–Trinajstić information content (AvgIpc) is 2.35. The molecule has 2 atom stereocenters. The van der Waals surface area contributed by atoms with E-state index in [0.717, 1.165) is 0 Å². The molecule has 10 heavy (non-hydrogen) atoms. The summed E-state index contributed by atoms with van der Waals surface area (Å²) in [5, 5.41) is 0. The van der Waals surface area contributed by atoms with Crippen molar-refractivity contribution < 1.29 is 18.0 Å². The van der Waals surface area contributed by atoms with Gasteiger partial charge in [-0.2, -0.15) is 13.2 Å². The minimum atomic E-state index is -4.24. The van der Waals surface area contributed by atoms with Crippen molar-refractivity contribution in [1.82, 2.24) is 0 Å². The summed E-state index contributed by atoms with van der Waals surface area (Å²) in [7, 11) is 0. The number of carbonyl (C=O) groups excluding carboxylic acids is 1. The Labute approximate surface area is 55.2 Å². The lowest BCUT2D eigenvalue weighted by Gasteiger charge is -2.01. The molecule has 0 aromatic carbocycles. The number of hydrogen-bond donors (Lipinski definition) is 1. The van der Waals surface area contributed by atoms with E-state index in [9.17, 15) is 18.0 Å². The fourth-order valence-electron chi connectivity index (χ4n) is 0.871. The van der Waals surface area contributed by atoms with Crippen LogP contribution in [-0.4, -0.2) is 12.1 Å². The molecule has 0 aromatic heterocycles. The molecule has 0 heterocycles. The van der Waals surface area contributed by atoms with E-state index >= 15 is 0 Å². The van der Waals surface area contributed by atoms with Crippen molar-refractivity contribution >= 4 is 5.91 Å². The van der Waals surface area contributed by atoms with Crippen LogP contribution in [0.2, 0.25) is 0 Å². The number of halogens is 3. The van der Waals surface area contributed by atoms with E-state index in [-0.39, 0.29) is 6.42 Å². The van der Waals surface area contributed by atoms with Crippen LogP contribution < -0.4 is 5.73 Å². The summed E-state index contributed by atoms with van der Waals surface area (Å²) in [5.74, 6) is -3.27. The second-order valence-electron chi connectivity index (χ2n) is 2.39. The highest BCUT2D eigenvalue weighted by atomic mass is 19.4. The predicted octanol–water partition coefficient (Wildman–Crippen LogP) is 0.670. The van der Waals surface area contributed by atoms with Gasteiger partial charge in [0.15, 0.2) is 0 Å². The monoisotopic (exact) mass is 153 g/mol. The predicted molar refractivity (Wildman–Crippen MR) is 26.8 cm³/mol. The van der Waals surface area contributed by atoms with Gasteiger partial charge in [0.05, 0.1) is 5.92 Å². The standard InChI is InChI=1S/C5H6F3NO/c6-5(7,8)3-1-2(3)4(9)10/h2-3H,1H2,(H2,9,10)/t2-,3-/m0/s1. The molecule has 0 spiro atoms. The molecule has 0 saturated heterocycles. The van der Waals surface area contributed by atoms with Gasteiger partial charge in [0.1, 0.15) is 0 Å². The van der Waals surface area contributed by atoms with Crippen molar-refractivity contribution in [2.75, 3.05) is 0 Å². The maximum atomic E-state index is 11.6. The topological polar surface area (TPSA) is 43.1 Å². The maximum Gasteiger partial charge on any atom is 0.392 e. The molecule has 2 N–H and O–H groups in total. The maximum absolute atomic E-state index is 11.6. The Balaban J connectivity index is 2.46. The number of carbonyl (C=O) groups is 1. The van der Waals surface area contributed by atoms with Gasteiger partial charge in [0, 0.05) is 5.92 Å². The first kappa shape index (κ1) is 7.37. The van der Waals surface area contributed by atoms with Crippen molar-refractivity contribution in [3.8, 4) is 0 Å². The van der Waals surface area contributed by atoms with E-state index in [4.69, 9.17) is 0 Å². The zero-order valence-corrected chi connectivity index (χ0v) is 4.98. The molecule has 1 fully saturated rings. The Morgan fingerprint density at radius 2 is 2.00 bits per heavy atom. The minimum absolute atomic E-state index is 0.126. The summed E-state index contributed by atoms with van der Waals surface area (Å²) in [5.41, 5.74) is 4.65. The molecule has 0 aromatic rings. The Morgan fingerprint density at radius 3 is 2.10 bits per heavy atom. The first-order valence-corrected chi connectivity index (χ1v) is 2.79. The lowest BCUT2D eigenvalue weighted by atomic mass is 10.3. The van der Waals surface area contributed by atoms with E-state index < -0.39 is 23.9 Å². The number of hydrogen-bond acceptors (Lipinski definition) is 1. The van der Waals surface area contributed by atoms with E-state index in [2.05, 4.69) is 5.73 Å². The van der Waals surface area contributed by atoms with Crippen LogP contribution in [0.15, 0.2) is 0 Å². The molecule has 2 nitrogen and oxygen atoms in total. The van der Waals surface area contributed by atoms with Gasteiger partial charge in [-0.15, -0.1) is 0 Å². The van der Waals surface area contributed by atoms with Gasteiger partial charge in [-0.25, -0.2) is 0 Å². The fraction of sp³-hybridized carbons (Fsp3) is 0.800. The highest BCUT2D eigenvalue weighted by molar-refractivity contribution is 5.79. The summed E-state index contributed by atoms with van der Waals surface area (Å²) in [6.45, 7) is 0. The molecule has 58 valence electrons. The Kier molecular flexibility index (Phi) is 1.38. The minimum Gasteiger partial charge on any atom is -0.369 e. The average molecular weight is 153 g/mol. The number of rotatable bonds is 1. The van der Waals surface area contributed by atoms with E-state index in [1.807, 2.05) is 0 Å². The van der Waals surface area contributed by atoms with Crippen molar-refractivity contribution in [2.24, 2.45) is 17.6 Å². The Morgan fingerprint density at radius 1 is 1.50 bits per heavy atom. The van der Waals surface area contributed by atoms with Gasteiger partial charge < -0.3 is 5.73 Å². The zero-order valence-electron chi connectivity index (χ0n) is 4.98. The van der Waals surface area contributed by atoms with Crippen LogP contribution in [-0.2, 0) is 4.79 Å². The first-order valence-electron chi connectivity index (χ1n) is 2.79. The zero-order chi connectivity index (χ0) is 7.94. The number of alkyl halides is 3. The smallest absolute Gasteiger partial charge is 0.369 e. The van der Waals surface area contributed by atoms with Gasteiger partial charge in [-0.1, -0.05) is 0 Å². The molecule has 1 saturated carbocycles. The van der Waals surface area contributed by atoms with Crippen molar-refractivity contribution in [3.63, 3.8) is 0 Å². The normalized spacial score (nSPS) is 31.9. The SMILES string of the molecule is NC(=O)[C@H]1C[C@@H]1C(F)(F)F. The third kappa shape index (κ3) is 1.22. The van der Waals surface area contributed by atoms with Crippen LogP contribution in [0.4, 0.5) is 13.2 Å². The Hall–Kier alpha value is -0.740.